The molecule has 0 bridgehead atoms. The highest BCUT2D eigenvalue weighted by Gasteiger charge is 2.62. The fourth-order valence-corrected chi connectivity index (χ4v) is 6.44. The molecule has 1 heterocycles. The number of carbonyl (C=O) groups is 1. The Hall–Kier alpha value is -0.670. The fraction of sp³-hybridized carbons (Fsp3) is 0.833. The third kappa shape index (κ3) is 1.54. The van der Waals surface area contributed by atoms with E-state index in [9.17, 15) is 9.90 Å². The predicted molar refractivity (Wildman–Crippen MR) is 77.5 cm³/mol. The highest BCUT2D eigenvalue weighted by molar-refractivity contribution is 5.97. The van der Waals surface area contributed by atoms with E-state index in [0.717, 1.165) is 25.2 Å². The molecule has 1 aliphatic heterocycles. The number of aliphatic hydroxyl groups excluding tert-OH is 1. The first-order valence-electron chi connectivity index (χ1n) is 8.67. The third-order valence-corrected chi connectivity index (χ3v) is 7.59. The second-order valence-electron chi connectivity index (χ2n) is 8.28. The summed E-state index contributed by atoms with van der Waals surface area (Å²) in [6.45, 7) is 2.32. The number of ketones is 1. The first-order valence-corrected chi connectivity index (χ1v) is 8.67. The van der Waals surface area contributed by atoms with Crippen LogP contribution >= 0.6 is 0 Å². The summed E-state index contributed by atoms with van der Waals surface area (Å²) in [7, 11) is 0. The summed E-state index contributed by atoms with van der Waals surface area (Å²) in [6, 6.07) is 0. The van der Waals surface area contributed by atoms with Crippen LogP contribution in [0.3, 0.4) is 0 Å². The number of carbonyl (C=O) groups excluding carboxylic acids is 1. The van der Waals surface area contributed by atoms with Gasteiger partial charge in [0.05, 0.1) is 12.2 Å². The minimum Gasteiger partial charge on any atom is -0.393 e. The summed E-state index contributed by atoms with van der Waals surface area (Å²) in [6.07, 6.45) is 8.72. The maximum absolute atomic E-state index is 11.9. The van der Waals surface area contributed by atoms with Gasteiger partial charge < -0.3 is 9.84 Å². The van der Waals surface area contributed by atoms with Gasteiger partial charge in [-0.05, 0) is 67.8 Å². The average Bonchev–Trinajstić information content (AvgIpc) is 3.21. The van der Waals surface area contributed by atoms with Gasteiger partial charge in [0.2, 0.25) is 0 Å². The minimum atomic E-state index is -0.111. The van der Waals surface area contributed by atoms with Gasteiger partial charge in [-0.25, -0.2) is 0 Å². The second kappa shape index (κ2) is 3.99. The molecule has 0 aromatic rings. The molecule has 4 aliphatic carbocycles. The van der Waals surface area contributed by atoms with Gasteiger partial charge in [-0.15, -0.1) is 0 Å². The molecule has 21 heavy (non-hydrogen) atoms. The molecule has 1 N–H and O–H groups in total. The molecule has 5 aliphatic rings. The minimum absolute atomic E-state index is 0.0988. The molecule has 1 saturated heterocycles. The molecule has 8 atom stereocenters. The molecule has 3 heteroatoms. The Balaban J connectivity index is 1.49. The Morgan fingerprint density at radius 2 is 2.10 bits per heavy atom. The lowest BCUT2D eigenvalue weighted by Crippen LogP contribution is -2.49. The van der Waals surface area contributed by atoms with Gasteiger partial charge in [-0.1, -0.05) is 12.5 Å². The molecule has 0 radical (unpaired) electrons. The van der Waals surface area contributed by atoms with Crippen molar-refractivity contribution in [3.63, 3.8) is 0 Å². The van der Waals surface area contributed by atoms with Gasteiger partial charge in [0, 0.05) is 5.92 Å². The molecular formula is C18H24O3. The largest absolute Gasteiger partial charge is 0.393 e. The number of ether oxygens (including phenoxy) is 1. The summed E-state index contributed by atoms with van der Waals surface area (Å²) in [5.74, 6) is 2.83. The fourth-order valence-electron chi connectivity index (χ4n) is 6.44. The number of hydrogen-bond acceptors (Lipinski definition) is 3. The Bertz CT molecular complexity index is 539. The summed E-state index contributed by atoms with van der Waals surface area (Å²) >= 11 is 0. The molecule has 114 valence electrons. The summed E-state index contributed by atoms with van der Waals surface area (Å²) < 4.78 is 5.72. The van der Waals surface area contributed by atoms with E-state index in [1.54, 1.807) is 0 Å². The first kappa shape index (κ1) is 12.8. The van der Waals surface area contributed by atoms with Crippen molar-refractivity contribution in [3.8, 4) is 0 Å². The summed E-state index contributed by atoms with van der Waals surface area (Å²) in [5, 5.41) is 10.4. The van der Waals surface area contributed by atoms with E-state index in [4.69, 9.17) is 4.74 Å². The average molecular weight is 288 g/mol. The Labute approximate surface area is 125 Å². The first-order chi connectivity index (χ1) is 10.1. The van der Waals surface area contributed by atoms with Gasteiger partial charge >= 0.3 is 0 Å². The van der Waals surface area contributed by atoms with Crippen LogP contribution in [0, 0.1) is 29.1 Å². The van der Waals surface area contributed by atoms with Gasteiger partial charge in [0.1, 0.15) is 6.10 Å². The monoisotopic (exact) mass is 288 g/mol. The zero-order valence-electron chi connectivity index (χ0n) is 12.6. The zero-order chi connectivity index (χ0) is 14.4. The predicted octanol–water partition coefficient (Wildman–Crippen LogP) is 2.48. The van der Waals surface area contributed by atoms with Crippen molar-refractivity contribution in [2.45, 2.75) is 63.8 Å². The van der Waals surface area contributed by atoms with Crippen LogP contribution < -0.4 is 0 Å². The lowest BCUT2D eigenvalue weighted by molar-refractivity contribution is -0.116. The molecule has 4 fully saturated rings. The van der Waals surface area contributed by atoms with Gasteiger partial charge in [-0.3, -0.25) is 4.79 Å². The van der Waals surface area contributed by atoms with E-state index in [2.05, 4.69) is 6.92 Å². The molecule has 3 saturated carbocycles. The van der Waals surface area contributed by atoms with Crippen LogP contribution in [0.1, 0.15) is 45.4 Å². The van der Waals surface area contributed by atoms with E-state index in [0.29, 0.717) is 17.8 Å². The highest BCUT2D eigenvalue weighted by Crippen LogP contribution is 2.63. The standard InChI is InChI=1S/C18H24O3/c1-18-7-6-11-10(12(18)4-5-14(18)20)3-2-9-8-13(19)16-17(21-16)15(9)11/h8,10-12,14-17,20H,2-7H2,1H3/t10-,11+,12+,14+,15+,16-,17+,18+/m1/s1. The normalized spacial score (nSPS) is 57.7. The zero-order valence-corrected chi connectivity index (χ0v) is 12.6. The van der Waals surface area contributed by atoms with Gasteiger partial charge in [-0.2, -0.15) is 0 Å². The number of epoxide rings is 1. The smallest absolute Gasteiger partial charge is 0.187 e. The molecule has 3 nitrogen and oxygen atoms in total. The van der Waals surface area contributed by atoms with Crippen molar-refractivity contribution in [2.24, 2.45) is 29.1 Å². The van der Waals surface area contributed by atoms with Crippen molar-refractivity contribution in [1.82, 2.24) is 0 Å². The quantitative estimate of drug-likeness (QED) is 0.697. The van der Waals surface area contributed by atoms with Crippen molar-refractivity contribution in [1.29, 1.82) is 0 Å². The van der Waals surface area contributed by atoms with Crippen LogP contribution in [-0.4, -0.2) is 29.2 Å². The van der Waals surface area contributed by atoms with Crippen LogP contribution in [0.15, 0.2) is 11.6 Å². The lowest BCUT2D eigenvalue weighted by Gasteiger charge is -2.52. The molecule has 0 unspecified atom stereocenters. The lowest BCUT2D eigenvalue weighted by atomic mass is 9.52. The van der Waals surface area contributed by atoms with Crippen molar-refractivity contribution in [2.75, 3.05) is 0 Å². The van der Waals surface area contributed by atoms with Gasteiger partial charge in [0.25, 0.3) is 0 Å². The maximum Gasteiger partial charge on any atom is 0.187 e. The van der Waals surface area contributed by atoms with Crippen LogP contribution in [0.2, 0.25) is 0 Å². The van der Waals surface area contributed by atoms with Crippen LogP contribution in [-0.2, 0) is 9.53 Å². The molecule has 0 aromatic carbocycles. The summed E-state index contributed by atoms with van der Waals surface area (Å²) in [4.78, 5) is 11.9. The van der Waals surface area contributed by atoms with Crippen LogP contribution in [0.25, 0.3) is 0 Å². The van der Waals surface area contributed by atoms with Crippen molar-refractivity contribution in [3.05, 3.63) is 11.6 Å². The third-order valence-electron chi connectivity index (χ3n) is 7.59. The number of fused-ring (bicyclic) bond motifs is 7. The molecular weight excluding hydrogens is 264 g/mol. The van der Waals surface area contributed by atoms with E-state index >= 15 is 0 Å². The van der Waals surface area contributed by atoms with E-state index < -0.39 is 0 Å². The van der Waals surface area contributed by atoms with Crippen LogP contribution in [0.5, 0.6) is 0 Å². The maximum atomic E-state index is 11.9. The number of hydrogen-bond donors (Lipinski definition) is 1. The Morgan fingerprint density at radius 1 is 1.24 bits per heavy atom. The molecule has 0 amide bonds. The van der Waals surface area contributed by atoms with E-state index in [-0.39, 0.29) is 29.5 Å². The SMILES string of the molecule is C[C@]12CC[C@H]3[C@@H](CCC4=CC(=O)[C@H]5O[C@H]5[C@@H]43)[C@@H]1CC[C@@H]2O. The number of rotatable bonds is 0. The topological polar surface area (TPSA) is 49.8 Å². The van der Waals surface area contributed by atoms with Crippen LogP contribution in [0.4, 0.5) is 0 Å². The van der Waals surface area contributed by atoms with Crippen molar-refractivity contribution >= 4 is 5.78 Å². The van der Waals surface area contributed by atoms with E-state index in [1.807, 2.05) is 6.08 Å². The highest BCUT2D eigenvalue weighted by atomic mass is 16.6. The van der Waals surface area contributed by atoms with Gasteiger partial charge in [0.15, 0.2) is 5.78 Å². The Kier molecular flexibility index (Phi) is 2.44. The summed E-state index contributed by atoms with van der Waals surface area (Å²) in [5.41, 5.74) is 1.53. The van der Waals surface area contributed by atoms with E-state index in [1.165, 1.54) is 24.8 Å². The second-order valence-corrected chi connectivity index (χ2v) is 8.28. The molecule has 0 spiro atoms. The molecule has 5 rings (SSSR count). The Morgan fingerprint density at radius 3 is 2.95 bits per heavy atom. The number of aliphatic hydroxyl groups is 1. The molecule has 0 aromatic heterocycles. The van der Waals surface area contributed by atoms with Crippen molar-refractivity contribution < 1.29 is 14.6 Å².